The van der Waals surface area contributed by atoms with E-state index in [4.69, 9.17) is 18.9 Å². The summed E-state index contributed by atoms with van der Waals surface area (Å²) < 4.78 is 22.9. The van der Waals surface area contributed by atoms with Gasteiger partial charge in [0.2, 0.25) is 0 Å². The molecule has 9 nitrogen and oxygen atoms in total. The van der Waals surface area contributed by atoms with Gasteiger partial charge in [-0.25, -0.2) is 0 Å². The Balaban J connectivity index is 2.21. The molecule has 59 heavy (non-hydrogen) atoms. The van der Waals surface area contributed by atoms with Gasteiger partial charge in [0, 0.05) is 13.0 Å². The van der Waals surface area contributed by atoms with E-state index >= 15 is 0 Å². The van der Waals surface area contributed by atoms with Gasteiger partial charge in [-0.3, -0.25) is 4.79 Å². The lowest BCUT2D eigenvalue weighted by molar-refractivity contribution is -0.305. The molecule has 0 amide bonds. The van der Waals surface area contributed by atoms with Gasteiger partial charge < -0.3 is 39.4 Å². The molecule has 4 N–H and O–H groups in total. The van der Waals surface area contributed by atoms with E-state index in [9.17, 15) is 25.2 Å². The first-order valence-corrected chi connectivity index (χ1v) is 24.6. The number of hydrogen-bond donors (Lipinski definition) is 4. The molecular formula is C50H92O9. The van der Waals surface area contributed by atoms with E-state index in [0.29, 0.717) is 13.0 Å². The van der Waals surface area contributed by atoms with Gasteiger partial charge in [-0.2, -0.15) is 0 Å². The number of hydrogen-bond acceptors (Lipinski definition) is 9. The number of ether oxygens (including phenoxy) is 4. The van der Waals surface area contributed by atoms with E-state index in [0.717, 1.165) is 64.2 Å². The molecule has 0 aromatic heterocycles. The van der Waals surface area contributed by atoms with Crippen molar-refractivity contribution in [1.29, 1.82) is 0 Å². The fourth-order valence-electron chi connectivity index (χ4n) is 7.51. The number of carbonyl (C=O) groups excluding carboxylic acids is 1. The maximum atomic E-state index is 12.8. The van der Waals surface area contributed by atoms with Crippen LogP contribution in [0, 0.1) is 0 Å². The summed E-state index contributed by atoms with van der Waals surface area (Å²) >= 11 is 0. The fraction of sp³-hybridized carbons (Fsp3) is 0.860. The van der Waals surface area contributed by atoms with Crippen molar-refractivity contribution in [2.45, 2.75) is 250 Å². The zero-order valence-corrected chi connectivity index (χ0v) is 38.0. The molecule has 6 atom stereocenters. The Labute approximate surface area is 361 Å². The number of carbonyl (C=O) groups is 1. The number of aliphatic hydroxyl groups excluding tert-OH is 4. The van der Waals surface area contributed by atoms with E-state index in [1.165, 1.54) is 128 Å². The Morgan fingerprint density at radius 1 is 0.559 bits per heavy atom. The smallest absolute Gasteiger partial charge is 0.306 e. The van der Waals surface area contributed by atoms with Crippen molar-refractivity contribution in [2.24, 2.45) is 0 Å². The van der Waals surface area contributed by atoms with E-state index in [1.54, 1.807) is 0 Å². The summed E-state index contributed by atoms with van der Waals surface area (Å²) in [5, 5.41) is 40.2. The number of esters is 1. The van der Waals surface area contributed by atoms with Crippen LogP contribution in [0.1, 0.15) is 213 Å². The summed E-state index contributed by atoms with van der Waals surface area (Å²) in [7, 11) is 0. The predicted molar refractivity (Wildman–Crippen MR) is 242 cm³/mol. The number of unbranched alkanes of at least 4 members (excludes halogenated alkanes) is 25. The normalized spacial score (nSPS) is 20.4. The zero-order chi connectivity index (χ0) is 42.9. The van der Waals surface area contributed by atoms with Gasteiger partial charge in [-0.05, 0) is 44.9 Å². The second-order valence-corrected chi connectivity index (χ2v) is 16.9. The molecule has 1 rings (SSSR count). The molecule has 0 bridgehead atoms. The van der Waals surface area contributed by atoms with Crippen LogP contribution in [0.15, 0.2) is 36.5 Å². The van der Waals surface area contributed by atoms with Gasteiger partial charge >= 0.3 is 5.97 Å². The molecule has 9 heteroatoms. The summed E-state index contributed by atoms with van der Waals surface area (Å²) in [6, 6.07) is 0. The van der Waals surface area contributed by atoms with Crippen molar-refractivity contribution in [1.82, 2.24) is 0 Å². The van der Waals surface area contributed by atoms with Gasteiger partial charge in [0.15, 0.2) is 6.29 Å². The maximum absolute atomic E-state index is 12.8. The highest BCUT2D eigenvalue weighted by atomic mass is 16.7. The zero-order valence-electron chi connectivity index (χ0n) is 38.0. The van der Waals surface area contributed by atoms with E-state index < -0.39 is 43.4 Å². The van der Waals surface area contributed by atoms with Gasteiger partial charge in [-0.1, -0.05) is 198 Å². The average molecular weight is 837 g/mol. The Kier molecular flexibility index (Phi) is 39.2. The average Bonchev–Trinajstić information content (AvgIpc) is 3.24. The van der Waals surface area contributed by atoms with Crippen LogP contribution in [0.4, 0.5) is 0 Å². The lowest BCUT2D eigenvalue weighted by Crippen LogP contribution is -2.59. The van der Waals surface area contributed by atoms with Crippen LogP contribution in [0.3, 0.4) is 0 Å². The molecule has 1 aliphatic rings. The summed E-state index contributed by atoms with van der Waals surface area (Å²) in [4.78, 5) is 12.8. The largest absolute Gasteiger partial charge is 0.457 e. The summed E-state index contributed by atoms with van der Waals surface area (Å²) in [6.07, 6.45) is 43.2. The SMILES string of the molecule is CC/C=C\C/C=C\C/C=C\CCCCCCCCOCC(COC1OC(CO)C(O)C(O)C1O)OC(=O)CCCCCCCCCCCCCCCCCCCCCC. The van der Waals surface area contributed by atoms with Crippen LogP contribution in [0.25, 0.3) is 0 Å². The minimum atomic E-state index is -1.54. The van der Waals surface area contributed by atoms with Gasteiger partial charge in [0.1, 0.15) is 30.5 Å². The molecule has 0 radical (unpaired) electrons. The molecule has 1 aliphatic heterocycles. The van der Waals surface area contributed by atoms with Gasteiger partial charge in [0.05, 0.1) is 19.8 Å². The number of aliphatic hydroxyl groups is 4. The molecule has 0 saturated carbocycles. The Morgan fingerprint density at radius 2 is 1.03 bits per heavy atom. The third kappa shape index (κ3) is 32.7. The van der Waals surface area contributed by atoms with E-state index in [-0.39, 0.29) is 19.2 Å². The molecule has 0 aromatic rings. The lowest BCUT2D eigenvalue weighted by atomic mass is 9.99. The van der Waals surface area contributed by atoms with Crippen molar-refractivity contribution < 1.29 is 44.2 Å². The van der Waals surface area contributed by atoms with Crippen LogP contribution in [-0.4, -0.2) is 89.6 Å². The second kappa shape index (κ2) is 41.7. The molecule has 0 spiro atoms. The number of rotatable bonds is 42. The van der Waals surface area contributed by atoms with E-state index in [1.807, 2.05) is 0 Å². The Hall–Kier alpha value is -1.59. The van der Waals surface area contributed by atoms with Crippen molar-refractivity contribution in [3.63, 3.8) is 0 Å². The quantitative estimate of drug-likeness (QED) is 0.0269. The molecule has 1 fully saturated rings. The predicted octanol–water partition coefficient (Wildman–Crippen LogP) is 11.5. The third-order valence-electron chi connectivity index (χ3n) is 11.3. The minimum Gasteiger partial charge on any atom is -0.457 e. The highest BCUT2D eigenvalue weighted by Crippen LogP contribution is 2.23. The molecule has 6 unspecified atom stereocenters. The first kappa shape index (κ1) is 55.4. The van der Waals surface area contributed by atoms with Crippen molar-refractivity contribution in [3.8, 4) is 0 Å². The summed E-state index contributed by atoms with van der Waals surface area (Å²) in [5.41, 5.74) is 0. The molecule has 346 valence electrons. The molecular weight excluding hydrogens is 745 g/mol. The van der Waals surface area contributed by atoms with Crippen molar-refractivity contribution in [2.75, 3.05) is 26.4 Å². The third-order valence-corrected chi connectivity index (χ3v) is 11.3. The first-order chi connectivity index (χ1) is 28.9. The Bertz CT molecular complexity index is 999. The van der Waals surface area contributed by atoms with Crippen LogP contribution < -0.4 is 0 Å². The standard InChI is InChI=1S/C50H92O9/c1-3-5-7-9-11-13-15-17-19-21-22-23-24-25-27-29-31-33-35-37-39-46(52)58-44(43-57-50-49(55)48(54)47(53)45(41-51)59-50)42-56-40-38-36-34-32-30-28-26-20-18-16-14-12-10-8-6-4-2/h6,8,12,14,18,20,44-45,47-51,53-55H,3-5,7,9-11,13,15-17,19,21-43H2,1-2H3/b8-6-,14-12-,20-18-. The van der Waals surface area contributed by atoms with Crippen LogP contribution in [-0.2, 0) is 23.7 Å². The first-order valence-electron chi connectivity index (χ1n) is 24.6. The Morgan fingerprint density at radius 3 is 1.56 bits per heavy atom. The summed E-state index contributed by atoms with van der Waals surface area (Å²) in [5.74, 6) is -0.315. The molecule has 0 aliphatic carbocycles. The van der Waals surface area contributed by atoms with Crippen LogP contribution in [0.2, 0.25) is 0 Å². The van der Waals surface area contributed by atoms with E-state index in [2.05, 4.69) is 50.3 Å². The highest BCUT2D eigenvalue weighted by molar-refractivity contribution is 5.69. The fourth-order valence-corrected chi connectivity index (χ4v) is 7.51. The lowest BCUT2D eigenvalue weighted by Gasteiger charge is -2.39. The monoisotopic (exact) mass is 837 g/mol. The van der Waals surface area contributed by atoms with Gasteiger partial charge in [-0.15, -0.1) is 0 Å². The van der Waals surface area contributed by atoms with Crippen LogP contribution in [0.5, 0.6) is 0 Å². The van der Waals surface area contributed by atoms with Crippen molar-refractivity contribution >= 4 is 5.97 Å². The van der Waals surface area contributed by atoms with Crippen LogP contribution >= 0.6 is 0 Å². The maximum Gasteiger partial charge on any atom is 0.306 e. The summed E-state index contributed by atoms with van der Waals surface area (Å²) in [6.45, 7) is 4.45. The minimum absolute atomic E-state index is 0.116. The number of allylic oxidation sites excluding steroid dienone is 6. The second-order valence-electron chi connectivity index (χ2n) is 16.9. The topological polar surface area (TPSA) is 135 Å². The molecule has 0 aromatic carbocycles. The van der Waals surface area contributed by atoms with Crippen molar-refractivity contribution in [3.05, 3.63) is 36.5 Å². The highest BCUT2D eigenvalue weighted by Gasteiger charge is 2.44. The molecule has 1 saturated heterocycles. The van der Waals surface area contributed by atoms with Gasteiger partial charge in [0.25, 0.3) is 0 Å². The molecule has 1 heterocycles.